The number of nitrogens with two attached hydrogens (primary N) is 1. The Morgan fingerprint density at radius 1 is 0.943 bits per heavy atom. The number of nitrogens with one attached hydrogen (secondary N) is 2. The number of hydrogen-bond donors (Lipinski definition) is 3. The van der Waals surface area contributed by atoms with Crippen LogP contribution in [-0.2, 0) is 25.3 Å². The zero-order valence-electron chi connectivity index (χ0n) is 41.5. The number of nitrogens with zero attached hydrogens (tertiary/aromatic N) is 5. The van der Waals surface area contributed by atoms with Gasteiger partial charge in [0.1, 0.15) is 17.5 Å². The molecule has 3 aliphatic heterocycles. The zero-order chi connectivity index (χ0) is 49.0. The Kier molecular flexibility index (Phi) is 13.5. The normalized spacial score (nSPS) is 23.4. The summed E-state index contributed by atoms with van der Waals surface area (Å²) in [5.74, 6) is 2.47. The lowest BCUT2D eigenvalue weighted by Crippen LogP contribution is -2.51. The van der Waals surface area contributed by atoms with Crippen molar-refractivity contribution in [3.63, 3.8) is 0 Å². The van der Waals surface area contributed by atoms with E-state index >= 15 is 8.78 Å². The second-order valence-corrected chi connectivity index (χ2v) is 21.7. The SMILES string of the molecule is C=C1CCN(c2nn(C)c3cc(C4CCN(CC5CCN(C(=C)C6CC(NCC7(c8ccccc8)Cc8cc(F)c(Cl)c(-c9c(C(=C)N)ccc(CCC)c9F)c8C7C)C6)CC5)CC4)ccc23)C(=C)N1. The van der Waals surface area contributed by atoms with Gasteiger partial charge in [-0.3, -0.25) is 4.68 Å². The summed E-state index contributed by atoms with van der Waals surface area (Å²) in [6.45, 7) is 28.3. The number of hydrogen-bond acceptors (Lipinski definition) is 7. The lowest BCUT2D eigenvalue weighted by Gasteiger charge is -2.45. The molecule has 0 spiro atoms. The highest BCUT2D eigenvalue weighted by molar-refractivity contribution is 6.34. The van der Waals surface area contributed by atoms with Crippen LogP contribution in [0, 0.1) is 23.5 Å². The van der Waals surface area contributed by atoms with Gasteiger partial charge in [0, 0.05) is 103 Å². The van der Waals surface area contributed by atoms with Crippen molar-refractivity contribution in [2.45, 2.75) is 101 Å². The van der Waals surface area contributed by atoms with Gasteiger partial charge >= 0.3 is 0 Å². The fourth-order valence-electron chi connectivity index (χ4n) is 12.9. The van der Waals surface area contributed by atoms with E-state index in [1.165, 1.54) is 60.0 Å². The van der Waals surface area contributed by atoms with E-state index in [1.807, 2.05) is 30.8 Å². The summed E-state index contributed by atoms with van der Waals surface area (Å²) in [7, 11) is 2.05. The highest BCUT2D eigenvalue weighted by Crippen LogP contribution is 2.55. The average molecular weight is 966 g/mol. The predicted octanol–water partition coefficient (Wildman–Crippen LogP) is 11.9. The second-order valence-electron chi connectivity index (χ2n) is 21.3. The van der Waals surface area contributed by atoms with Crippen molar-refractivity contribution in [2.24, 2.45) is 24.6 Å². The molecule has 0 amide bonds. The highest BCUT2D eigenvalue weighted by Gasteiger charge is 2.48. The number of aryl methyl sites for hydroxylation is 2. The summed E-state index contributed by atoms with van der Waals surface area (Å²) in [4.78, 5) is 7.45. The molecule has 4 aromatic carbocycles. The Labute approximate surface area is 419 Å². The molecule has 4 heterocycles. The van der Waals surface area contributed by atoms with E-state index in [4.69, 9.17) is 22.4 Å². The number of aromatic nitrogens is 2. The van der Waals surface area contributed by atoms with Gasteiger partial charge in [0.25, 0.3) is 0 Å². The number of allylic oxidation sites excluding steroid dienone is 1. The molecule has 8 nitrogen and oxygen atoms in total. The molecule has 0 bridgehead atoms. The lowest BCUT2D eigenvalue weighted by atomic mass is 9.69. The van der Waals surface area contributed by atoms with E-state index in [9.17, 15) is 0 Å². The van der Waals surface area contributed by atoms with Gasteiger partial charge < -0.3 is 31.1 Å². The van der Waals surface area contributed by atoms with Crippen LogP contribution in [-0.4, -0.2) is 71.4 Å². The molecule has 5 aliphatic rings. The second kappa shape index (κ2) is 19.6. The van der Waals surface area contributed by atoms with E-state index in [1.54, 1.807) is 12.1 Å². The molecule has 1 aromatic heterocycles. The predicted molar refractivity (Wildman–Crippen MR) is 285 cm³/mol. The van der Waals surface area contributed by atoms with Crippen molar-refractivity contribution in [2.75, 3.05) is 50.7 Å². The summed E-state index contributed by atoms with van der Waals surface area (Å²) < 4.78 is 34.7. The van der Waals surface area contributed by atoms with Crippen molar-refractivity contribution in [1.82, 2.24) is 30.2 Å². The Bertz CT molecular complexity index is 2830. The molecule has 0 radical (unpaired) electrons. The van der Waals surface area contributed by atoms with Crippen molar-refractivity contribution in [3.8, 4) is 11.1 Å². The van der Waals surface area contributed by atoms with Crippen LogP contribution in [0.2, 0.25) is 5.02 Å². The van der Waals surface area contributed by atoms with E-state index in [0.29, 0.717) is 59.9 Å². The molecule has 70 heavy (non-hydrogen) atoms. The van der Waals surface area contributed by atoms with E-state index in [-0.39, 0.29) is 22.2 Å². The molecule has 2 atom stereocenters. The molecule has 3 saturated heterocycles. The monoisotopic (exact) mass is 965 g/mol. The molecule has 4 N–H and O–H groups in total. The minimum atomic E-state index is -0.547. The molecule has 4 fully saturated rings. The van der Waals surface area contributed by atoms with Gasteiger partial charge in [-0.15, -0.1) is 0 Å². The smallest absolute Gasteiger partial charge is 0.164 e. The molecule has 1 saturated carbocycles. The summed E-state index contributed by atoms with van der Waals surface area (Å²) in [5, 5.41) is 13.3. The molecular weight excluding hydrogens is 894 g/mol. The fraction of sp³-hybridized carbons (Fsp3) is 0.441. The number of benzene rings is 4. The molecular formula is C59H71ClF2N8. The highest BCUT2D eigenvalue weighted by atomic mass is 35.5. The fourth-order valence-corrected chi connectivity index (χ4v) is 13.1. The molecule has 368 valence electrons. The lowest BCUT2D eigenvalue weighted by molar-refractivity contribution is 0.124. The first-order valence-electron chi connectivity index (χ1n) is 25.8. The standard InChI is InChI=1S/C59H71ClF2N8/c1-8-12-43-15-17-49(38(4)63)54(57(43)62)55-53-37(3)59(47-13-10-9-11-14-47,33-46(53)31-51(61)56(55)60)35-64-48-29-45(30-48)39(5)69-26-20-41(21-27-69)34-68-24-22-42(23-25-68)44-16-18-50-52(32-44)67(7)66-58(50)70-28-19-36(2)65-40(70)6/h9-11,13-18,31-32,37,41-42,45,48,64-65H,2,4-6,8,12,19-30,33-35,63H2,1,3,7H3. The van der Waals surface area contributed by atoms with Gasteiger partial charge in [-0.25, -0.2) is 8.78 Å². The molecule has 5 aromatic rings. The van der Waals surface area contributed by atoms with Crippen LogP contribution >= 0.6 is 11.6 Å². The topological polar surface area (TPSA) is 77.6 Å². The minimum Gasteiger partial charge on any atom is -0.399 e. The van der Waals surface area contributed by atoms with Crippen molar-refractivity contribution < 1.29 is 8.78 Å². The maximum Gasteiger partial charge on any atom is 0.164 e. The van der Waals surface area contributed by atoms with Crippen LogP contribution in [0.15, 0.2) is 110 Å². The van der Waals surface area contributed by atoms with Crippen LogP contribution < -0.4 is 21.3 Å². The van der Waals surface area contributed by atoms with Crippen LogP contribution in [0.5, 0.6) is 0 Å². The van der Waals surface area contributed by atoms with Crippen LogP contribution in [0.1, 0.15) is 110 Å². The Morgan fingerprint density at radius 2 is 1.69 bits per heavy atom. The number of anilines is 1. The third-order valence-electron chi connectivity index (χ3n) is 17.1. The third kappa shape index (κ3) is 8.87. The molecule has 10 rings (SSSR count). The van der Waals surface area contributed by atoms with Crippen molar-refractivity contribution in [3.05, 3.63) is 160 Å². The number of likely N-dealkylation sites (tertiary alicyclic amines) is 2. The molecule has 11 heteroatoms. The number of halogens is 3. The number of piperidine rings is 2. The van der Waals surface area contributed by atoms with Gasteiger partial charge in [0.05, 0.1) is 10.5 Å². The maximum absolute atomic E-state index is 16.7. The first-order valence-corrected chi connectivity index (χ1v) is 26.2. The van der Waals surface area contributed by atoms with Crippen LogP contribution in [0.4, 0.5) is 14.6 Å². The number of rotatable bonds is 14. The number of fused-ring (bicyclic) bond motifs is 2. The minimum absolute atomic E-state index is 0.0709. The van der Waals surface area contributed by atoms with E-state index in [0.717, 1.165) is 86.9 Å². The average Bonchev–Trinajstić information content (AvgIpc) is 3.82. The van der Waals surface area contributed by atoms with Crippen LogP contribution in [0.3, 0.4) is 0 Å². The summed E-state index contributed by atoms with van der Waals surface area (Å²) >= 11 is 6.93. The largest absolute Gasteiger partial charge is 0.399 e. The quantitative estimate of drug-likeness (QED) is 0.102. The Balaban J connectivity index is 0.735. The van der Waals surface area contributed by atoms with E-state index < -0.39 is 17.0 Å². The molecule has 2 unspecified atom stereocenters. The summed E-state index contributed by atoms with van der Waals surface area (Å²) in [5.41, 5.74) is 15.6. The van der Waals surface area contributed by atoms with Gasteiger partial charge in [-0.1, -0.05) is 107 Å². The first-order chi connectivity index (χ1) is 33.7. The van der Waals surface area contributed by atoms with Gasteiger partial charge in [-0.2, -0.15) is 5.10 Å². The van der Waals surface area contributed by atoms with Gasteiger partial charge in [0.15, 0.2) is 5.82 Å². The van der Waals surface area contributed by atoms with Crippen molar-refractivity contribution >= 4 is 34.0 Å². The summed E-state index contributed by atoms with van der Waals surface area (Å²) in [6, 6.07) is 23.0. The third-order valence-corrected chi connectivity index (χ3v) is 17.5. The Morgan fingerprint density at radius 3 is 2.39 bits per heavy atom. The maximum atomic E-state index is 16.7. The first kappa shape index (κ1) is 48.2. The van der Waals surface area contributed by atoms with E-state index in [2.05, 4.69) is 101 Å². The van der Waals surface area contributed by atoms with Crippen LogP contribution in [0.25, 0.3) is 27.7 Å². The van der Waals surface area contributed by atoms with Gasteiger partial charge in [-0.05, 0) is 128 Å². The van der Waals surface area contributed by atoms with Gasteiger partial charge in [0.2, 0.25) is 0 Å². The summed E-state index contributed by atoms with van der Waals surface area (Å²) in [6.07, 6.45) is 9.65. The zero-order valence-corrected chi connectivity index (χ0v) is 42.3. The molecule has 2 aliphatic carbocycles. The Hall–Kier alpha value is -5.42. The van der Waals surface area contributed by atoms with Crippen molar-refractivity contribution in [1.29, 1.82) is 0 Å².